The van der Waals surface area contributed by atoms with Crippen molar-refractivity contribution in [3.8, 4) is 0 Å². The smallest absolute Gasteiger partial charge is 0.224 e. The second kappa shape index (κ2) is 5.29. The number of nitrogens with one attached hydrogen (secondary N) is 2. The molecule has 4 nitrogen and oxygen atoms in total. The van der Waals surface area contributed by atoms with Crippen molar-refractivity contribution in [2.75, 3.05) is 22.9 Å². The molecular weight excluding hydrogens is 226 g/mol. The van der Waals surface area contributed by atoms with E-state index >= 15 is 0 Å². The maximum atomic E-state index is 11.4. The Morgan fingerprint density at radius 1 is 1.39 bits per heavy atom. The molecule has 1 aliphatic rings. The normalized spacial score (nSPS) is 14.3. The number of anilines is 3. The number of hydrogen-bond acceptors (Lipinski definition) is 3. The van der Waals surface area contributed by atoms with Crippen molar-refractivity contribution in [1.29, 1.82) is 0 Å². The highest BCUT2D eigenvalue weighted by Gasteiger charge is 2.16. The number of nitrogen functional groups attached to an aromatic ring is 1. The quantitative estimate of drug-likeness (QED) is 0.716. The standard InChI is InChI=1S/C14H21N3O/c1-9(2)5-6-16-13-8-12-10(7-11(13)15)3-4-14(18)17-12/h7-9,16H,3-6,15H2,1-2H3,(H,17,18). The fraction of sp³-hybridized carbons (Fsp3) is 0.500. The zero-order valence-corrected chi connectivity index (χ0v) is 11.0. The van der Waals surface area contributed by atoms with Gasteiger partial charge in [-0.2, -0.15) is 0 Å². The van der Waals surface area contributed by atoms with Crippen LogP contribution < -0.4 is 16.4 Å². The Kier molecular flexibility index (Phi) is 3.75. The van der Waals surface area contributed by atoms with E-state index in [1.54, 1.807) is 0 Å². The number of nitrogens with two attached hydrogens (primary N) is 1. The molecule has 0 fully saturated rings. The van der Waals surface area contributed by atoms with E-state index in [2.05, 4.69) is 24.5 Å². The third kappa shape index (κ3) is 2.94. The number of amides is 1. The SMILES string of the molecule is CC(C)CCNc1cc2c(cc1N)CCC(=O)N2. The zero-order valence-electron chi connectivity index (χ0n) is 11.0. The van der Waals surface area contributed by atoms with Crippen molar-refractivity contribution in [3.63, 3.8) is 0 Å². The Morgan fingerprint density at radius 3 is 2.89 bits per heavy atom. The highest BCUT2D eigenvalue weighted by Crippen LogP contribution is 2.31. The molecule has 2 rings (SSSR count). The van der Waals surface area contributed by atoms with Gasteiger partial charge in [0.2, 0.25) is 5.91 Å². The van der Waals surface area contributed by atoms with E-state index in [4.69, 9.17) is 5.73 Å². The molecule has 0 unspecified atom stereocenters. The molecule has 1 amide bonds. The number of carbonyl (C=O) groups excluding carboxylic acids is 1. The predicted molar refractivity (Wildman–Crippen MR) is 75.7 cm³/mol. The van der Waals surface area contributed by atoms with Crippen molar-refractivity contribution in [1.82, 2.24) is 0 Å². The lowest BCUT2D eigenvalue weighted by molar-refractivity contribution is -0.116. The third-order valence-electron chi connectivity index (χ3n) is 3.21. The summed E-state index contributed by atoms with van der Waals surface area (Å²) in [5.74, 6) is 0.747. The molecule has 0 aromatic heterocycles. The summed E-state index contributed by atoms with van der Waals surface area (Å²) in [6.07, 6.45) is 2.42. The number of aryl methyl sites for hydroxylation is 1. The third-order valence-corrected chi connectivity index (χ3v) is 3.21. The van der Waals surface area contributed by atoms with Crippen LogP contribution >= 0.6 is 0 Å². The molecule has 0 spiro atoms. The molecular formula is C14H21N3O. The van der Waals surface area contributed by atoms with E-state index in [-0.39, 0.29) is 5.91 Å². The molecule has 1 heterocycles. The Labute approximate surface area is 108 Å². The summed E-state index contributed by atoms with van der Waals surface area (Å²) in [5, 5.41) is 6.23. The average Bonchev–Trinajstić information content (AvgIpc) is 2.30. The van der Waals surface area contributed by atoms with Crippen LogP contribution in [0.25, 0.3) is 0 Å². The van der Waals surface area contributed by atoms with Gasteiger partial charge in [-0.15, -0.1) is 0 Å². The van der Waals surface area contributed by atoms with Crippen LogP contribution in [-0.4, -0.2) is 12.5 Å². The van der Waals surface area contributed by atoms with E-state index in [0.29, 0.717) is 12.3 Å². The number of hydrogen-bond donors (Lipinski definition) is 3. The van der Waals surface area contributed by atoms with Crippen LogP contribution in [0.4, 0.5) is 17.1 Å². The lowest BCUT2D eigenvalue weighted by atomic mass is 10.0. The van der Waals surface area contributed by atoms with Gasteiger partial charge in [-0.25, -0.2) is 0 Å². The first-order chi connectivity index (χ1) is 8.56. The Hall–Kier alpha value is -1.71. The van der Waals surface area contributed by atoms with Gasteiger partial charge in [-0.1, -0.05) is 13.8 Å². The molecule has 1 aromatic carbocycles. The van der Waals surface area contributed by atoms with Crippen molar-refractivity contribution < 1.29 is 4.79 Å². The lowest BCUT2D eigenvalue weighted by Crippen LogP contribution is -2.19. The fourth-order valence-electron chi connectivity index (χ4n) is 2.10. The highest BCUT2D eigenvalue weighted by atomic mass is 16.1. The first-order valence-corrected chi connectivity index (χ1v) is 6.52. The van der Waals surface area contributed by atoms with E-state index in [0.717, 1.165) is 42.0 Å². The number of benzene rings is 1. The van der Waals surface area contributed by atoms with Gasteiger partial charge in [-0.05, 0) is 36.5 Å². The maximum Gasteiger partial charge on any atom is 0.224 e. The molecule has 0 saturated carbocycles. The Morgan fingerprint density at radius 2 is 2.17 bits per heavy atom. The van der Waals surface area contributed by atoms with Crippen molar-refractivity contribution in [3.05, 3.63) is 17.7 Å². The topological polar surface area (TPSA) is 67.1 Å². The summed E-state index contributed by atoms with van der Waals surface area (Å²) >= 11 is 0. The van der Waals surface area contributed by atoms with Crippen LogP contribution in [0.15, 0.2) is 12.1 Å². The van der Waals surface area contributed by atoms with Gasteiger partial charge in [0.15, 0.2) is 0 Å². The van der Waals surface area contributed by atoms with Gasteiger partial charge in [0.1, 0.15) is 0 Å². The summed E-state index contributed by atoms with van der Waals surface area (Å²) in [5.41, 5.74) is 9.71. The summed E-state index contributed by atoms with van der Waals surface area (Å²) in [7, 11) is 0. The molecule has 98 valence electrons. The summed E-state index contributed by atoms with van der Waals surface area (Å²) in [6.45, 7) is 5.28. The summed E-state index contributed by atoms with van der Waals surface area (Å²) in [4.78, 5) is 11.4. The van der Waals surface area contributed by atoms with Gasteiger partial charge in [0, 0.05) is 18.7 Å². The van der Waals surface area contributed by atoms with E-state index in [1.807, 2.05) is 12.1 Å². The molecule has 1 aromatic rings. The fourth-order valence-corrected chi connectivity index (χ4v) is 2.10. The zero-order chi connectivity index (χ0) is 13.1. The monoisotopic (exact) mass is 247 g/mol. The van der Waals surface area contributed by atoms with E-state index < -0.39 is 0 Å². The largest absolute Gasteiger partial charge is 0.397 e. The number of rotatable bonds is 4. The van der Waals surface area contributed by atoms with Gasteiger partial charge < -0.3 is 16.4 Å². The van der Waals surface area contributed by atoms with Gasteiger partial charge in [0.05, 0.1) is 11.4 Å². The minimum absolute atomic E-state index is 0.0837. The van der Waals surface area contributed by atoms with Crippen LogP contribution in [0, 0.1) is 5.92 Å². The second-order valence-electron chi connectivity index (χ2n) is 5.25. The molecule has 1 aliphatic heterocycles. The molecule has 0 aliphatic carbocycles. The average molecular weight is 247 g/mol. The minimum Gasteiger partial charge on any atom is -0.397 e. The van der Waals surface area contributed by atoms with Crippen molar-refractivity contribution >= 4 is 23.0 Å². The first-order valence-electron chi connectivity index (χ1n) is 6.52. The van der Waals surface area contributed by atoms with Gasteiger partial charge in [-0.3, -0.25) is 4.79 Å². The Balaban J connectivity index is 2.11. The molecule has 4 N–H and O–H groups in total. The van der Waals surface area contributed by atoms with Gasteiger partial charge >= 0.3 is 0 Å². The van der Waals surface area contributed by atoms with Crippen molar-refractivity contribution in [2.45, 2.75) is 33.1 Å². The Bertz CT molecular complexity index is 455. The molecule has 0 radical (unpaired) electrons. The second-order valence-corrected chi connectivity index (χ2v) is 5.25. The lowest BCUT2D eigenvalue weighted by Gasteiger charge is -2.20. The molecule has 4 heteroatoms. The summed E-state index contributed by atoms with van der Waals surface area (Å²) < 4.78 is 0. The van der Waals surface area contributed by atoms with E-state index in [9.17, 15) is 4.79 Å². The van der Waals surface area contributed by atoms with Crippen LogP contribution in [0.5, 0.6) is 0 Å². The van der Waals surface area contributed by atoms with Crippen LogP contribution in [-0.2, 0) is 11.2 Å². The first kappa shape index (κ1) is 12.7. The predicted octanol–water partition coefficient (Wildman–Crippen LogP) is 2.61. The van der Waals surface area contributed by atoms with Crippen LogP contribution in [0.2, 0.25) is 0 Å². The van der Waals surface area contributed by atoms with E-state index in [1.165, 1.54) is 0 Å². The molecule has 0 bridgehead atoms. The minimum atomic E-state index is 0.0837. The van der Waals surface area contributed by atoms with Crippen molar-refractivity contribution in [2.24, 2.45) is 5.92 Å². The van der Waals surface area contributed by atoms with Gasteiger partial charge in [0.25, 0.3) is 0 Å². The van der Waals surface area contributed by atoms with Crippen LogP contribution in [0.1, 0.15) is 32.3 Å². The maximum absolute atomic E-state index is 11.4. The van der Waals surface area contributed by atoms with Crippen LogP contribution in [0.3, 0.4) is 0 Å². The molecule has 0 saturated heterocycles. The highest BCUT2D eigenvalue weighted by molar-refractivity contribution is 5.95. The summed E-state index contributed by atoms with van der Waals surface area (Å²) in [6, 6.07) is 3.91. The number of fused-ring (bicyclic) bond motifs is 1. The number of carbonyl (C=O) groups is 1. The molecule has 18 heavy (non-hydrogen) atoms. The molecule has 0 atom stereocenters.